The molecule has 0 radical (unpaired) electrons. The fourth-order valence-electron chi connectivity index (χ4n) is 6.61. The van der Waals surface area contributed by atoms with Crippen LogP contribution in [0.2, 0.25) is 5.02 Å². The number of nitrogens with zero attached hydrogens (tertiary/aromatic N) is 5. The number of morpholine rings is 1. The second-order valence-electron chi connectivity index (χ2n) is 11.6. The van der Waals surface area contributed by atoms with Gasteiger partial charge in [-0.3, -0.25) is 5.32 Å². The van der Waals surface area contributed by atoms with E-state index in [9.17, 15) is 4.79 Å². The van der Waals surface area contributed by atoms with Gasteiger partial charge in [-0.05, 0) is 56.1 Å². The number of hydrogen-bond donors (Lipinski definition) is 2. The van der Waals surface area contributed by atoms with Gasteiger partial charge in [0.1, 0.15) is 11.2 Å². The minimum Gasteiger partial charge on any atom is -0.377 e. The lowest BCUT2D eigenvalue weighted by molar-refractivity contribution is 0.0118. The number of nitrogens with one attached hydrogen (secondary N) is 2. The lowest BCUT2D eigenvalue weighted by Gasteiger charge is -2.53. The zero-order chi connectivity index (χ0) is 26.6. The second kappa shape index (κ2) is 9.91. The molecule has 3 aromatic rings. The molecule has 0 bridgehead atoms. The van der Waals surface area contributed by atoms with Crippen molar-refractivity contribution in [3.8, 4) is 11.3 Å². The third-order valence-electron chi connectivity index (χ3n) is 8.99. The van der Waals surface area contributed by atoms with Gasteiger partial charge in [-0.25, -0.2) is 14.8 Å². The van der Waals surface area contributed by atoms with E-state index >= 15 is 0 Å². The molecule has 2 aliphatic carbocycles. The molecule has 1 unspecified atom stereocenters. The molecule has 2 N–H and O–H groups in total. The summed E-state index contributed by atoms with van der Waals surface area (Å²) in [5.41, 5.74) is 5.82. The molecule has 1 spiro atoms. The summed E-state index contributed by atoms with van der Waals surface area (Å²) < 4.78 is 8.35. The smallest absolute Gasteiger partial charge is 0.377 e. The number of halogens is 1. The van der Waals surface area contributed by atoms with Crippen LogP contribution in [-0.2, 0) is 16.1 Å². The van der Waals surface area contributed by atoms with Crippen molar-refractivity contribution < 1.29 is 14.4 Å². The minimum absolute atomic E-state index is 0.0141. The number of fused-ring (bicyclic) bond motifs is 1. The molecule has 39 heavy (non-hydrogen) atoms. The maximum Gasteiger partial charge on any atom is 0.427 e. The fraction of sp³-hybridized carbons (Fsp3) is 0.571. The summed E-state index contributed by atoms with van der Waals surface area (Å²) in [6.07, 6.45) is 7.08. The molecule has 7 rings (SSSR count). The Morgan fingerprint density at radius 2 is 2.00 bits per heavy atom. The van der Waals surface area contributed by atoms with Gasteiger partial charge in [0.2, 0.25) is 5.95 Å². The third-order valence-corrected chi connectivity index (χ3v) is 9.23. The molecule has 1 atom stereocenters. The number of aromatic nitrogens is 4. The molecule has 10 nitrogen and oxygen atoms in total. The van der Waals surface area contributed by atoms with Crippen molar-refractivity contribution in [1.82, 2.24) is 30.3 Å². The first-order valence-electron chi connectivity index (χ1n) is 14.1. The number of hydrogen-bond acceptors (Lipinski definition) is 8. The Balaban J connectivity index is 1.42. The van der Waals surface area contributed by atoms with Gasteiger partial charge < -0.3 is 19.0 Å². The number of imidazole rings is 1. The predicted octanol–water partition coefficient (Wildman–Crippen LogP) is 4.98. The van der Waals surface area contributed by atoms with Crippen LogP contribution < -0.4 is 15.7 Å². The quantitative estimate of drug-likeness (QED) is 0.457. The number of amides is 1. The Bertz CT molecular complexity index is 1400. The molecule has 1 aromatic carbocycles. The van der Waals surface area contributed by atoms with Gasteiger partial charge in [0.05, 0.1) is 18.8 Å². The van der Waals surface area contributed by atoms with Crippen molar-refractivity contribution in [3.05, 3.63) is 35.1 Å². The van der Waals surface area contributed by atoms with Crippen LogP contribution in [0.1, 0.15) is 63.9 Å². The number of carbonyl (C=O) groups excluding carboxylic acids is 1. The van der Waals surface area contributed by atoms with E-state index in [0.29, 0.717) is 29.0 Å². The fourth-order valence-corrected chi connectivity index (χ4v) is 6.80. The molecule has 4 heterocycles. The highest BCUT2D eigenvalue weighted by Gasteiger charge is 2.47. The van der Waals surface area contributed by atoms with Crippen molar-refractivity contribution in [3.63, 3.8) is 0 Å². The van der Waals surface area contributed by atoms with E-state index in [1.54, 1.807) is 0 Å². The second-order valence-corrected chi connectivity index (χ2v) is 12.1. The predicted molar refractivity (Wildman–Crippen MR) is 147 cm³/mol. The average Bonchev–Trinajstić information content (AvgIpc) is 3.52. The van der Waals surface area contributed by atoms with E-state index in [1.165, 1.54) is 32.1 Å². The van der Waals surface area contributed by atoms with Gasteiger partial charge >= 0.3 is 6.09 Å². The van der Waals surface area contributed by atoms with Crippen LogP contribution in [0.15, 0.2) is 24.3 Å². The maximum absolute atomic E-state index is 11.8. The van der Waals surface area contributed by atoms with Gasteiger partial charge in [0.15, 0.2) is 17.6 Å². The number of ether oxygens (including phenoxy) is 1. The number of carbonyl (C=O) groups is 1. The van der Waals surface area contributed by atoms with E-state index in [4.69, 9.17) is 36.1 Å². The first-order valence-corrected chi connectivity index (χ1v) is 14.5. The van der Waals surface area contributed by atoms with Crippen LogP contribution in [0.5, 0.6) is 0 Å². The molecular weight excluding hydrogens is 518 g/mol. The van der Waals surface area contributed by atoms with Crippen LogP contribution in [0.25, 0.3) is 22.4 Å². The van der Waals surface area contributed by atoms with Crippen molar-refractivity contribution in [2.75, 3.05) is 24.7 Å². The average molecular weight is 552 g/mol. The molecule has 2 aliphatic heterocycles. The highest BCUT2D eigenvalue weighted by atomic mass is 35.5. The molecule has 206 valence electrons. The van der Waals surface area contributed by atoms with Crippen LogP contribution in [0.4, 0.5) is 10.7 Å². The standard InChI is InChI=1S/C28H34ClN7O3/c1-17-6-8-18(9-7-17)15-35-22-21(19-4-2-5-20(29)14-19)30-24(25-33-27(37)39-34-25)31-23(22)32-26(35)36-12-13-38-16-28(36)10-3-11-28/h2,4-5,14,17-18,25,34H,3,6-13,15-16H2,1H3,(H,33,37). The monoisotopic (exact) mass is 551 g/mol. The Hall–Kier alpha value is -2.95. The Morgan fingerprint density at radius 3 is 2.72 bits per heavy atom. The summed E-state index contributed by atoms with van der Waals surface area (Å²) in [6.45, 7) is 5.42. The number of anilines is 1. The van der Waals surface area contributed by atoms with Crippen LogP contribution in [0.3, 0.4) is 0 Å². The lowest BCUT2D eigenvalue weighted by Crippen LogP contribution is -2.62. The summed E-state index contributed by atoms with van der Waals surface area (Å²) in [5.74, 6) is 2.68. The molecule has 1 amide bonds. The number of benzene rings is 1. The SMILES string of the molecule is CC1CCC(Cn2c(N3CCOCC34CCC4)nc3nc(C4NOC(=O)N4)nc(-c4cccc(Cl)c4)c32)CC1. The van der Waals surface area contributed by atoms with Crippen LogP contribution in [0, 0.1) is 11.8 Å². The number of hydroxylamine groups is 1. The zero-order valence-electron chi connectivity index (χ0n) is 22.2. The normalized spacial score (nSPS) is 26.5. The van der Waals surface area contributed by atoms with Crippen molar-refractivity contribution in [2.24, 2.45) is 11.8 Å². The lowest BCUT2D eigenvalue weighted by atomic mass is 9.75. The first-order chi connectivity index (χ1) is 19.0. The van der Waals surface area contributed by atoms with Gasteiger partial charge in [0.25, 0.3) is 0 Å². The maximum atomic E-state index is 11.8. The summed E-state index contributed by atoms with van der Waals surface area (Å²) in [4.78, 5) is 34.3. The van der Waals surface area contributed by atoms with E-state index in [0.717, 1.165) is 61.2 Å². The summed E-state index contributed by atoms with van der Waals surface area (Å²) in [6, 6.07) is 7.72. The Morgan fingerprint density at radius 1 is 1.15 bits per heavy atom. The zero-order valence-corrected chi connectivity index (χ0v) is 22.9. The third kappa shape index (κ3) is 4.52. The molecule has 2 saturated heterocycles. The van der Waals surface area contributed by atoms with Gasteiger partial charge in [-0.1, -0.05) is 43.5 Å². The van der Waals surface area contributed by atoms with Crippen molar-refractivity contribution in [1.29, 1.82) is 0 Å². The molecule has 4 aliphatic rings. The van der Waals surface area contributed by atoms with E-state index in [1.807, 2.05) is 24.3 Å². The Kier molecular flexibility index (Phi) is 6.36. The minimum atomic E-state index is -0.672. The topological polar surface area (TPSA) is 106 Å². The van der Waals surface area contributed by atoms with Crippen molar-refractivity contribution >= 4 is 34.8 Å². The highest BCUT2D eigenvalue weighted by Crippen LogP contribution is 2.44. The summed E-state index contributed by atoms with van der Waals surface area (Å²) >= 11 is 6.45. The summed E-state index contributed by atoms with van der Waals surface area (Å²) in [7, 11) is 0. The molecule has 2 saturated carbocycles. The first kappa shape index (κ1) is 25.0. The van der Waals surface area contributed by atoms with E-state index in [-0.39, 0.29) is 5.54 Å². The number of rotatable bonds is 5. The van der Waals surface area contributed by atoms with Crippen molar-refractivity contribution in [2.45, 2.75) is 70.1 Å². The highest BCUT2D eigenvalue weighted by molar-refractivity contribution is 6.30. The summed E-state index contributed by atoms with van der Waals surface area (Å²) in [5, 5.41) is 3.36. The molecular formula is C28H34ClN7O3. The molecule has 4 fully saturated rings. The van der Waals surface area contributed by atoms with Crippen LogP contribution in [-0.4, -0.2) is 50.9 Å². The van der Waals surface area contributed by atoms with E-state index < -0.39 is 12.3 Å². The Labute approximate surface area is 232 Å². The van der Waals surface area contributed by atoms with Crippen LogP contribution >= 0.6 is 11.6 Å². The van der Waals surface area contributed by atoms with E-state index in [2.05, 4.69) is 27.2 Å². The van der Waals surface area contributed by atoms with Gasteiger partial charge in [0, 0.05) is 23.7 Å². The molecule has 2 aromatic heterocycles. The molecule has 11 heteroatoms. The van der Waals surface area contributed by atoms with Gasteiger partial charge in [-0.15, -0.1) is 5.48 Å². The van der Waals surface area contributed by atoms with Gasteiger partial charge in [-0.2, -0.15) is 4.98 Å². The largest absolute Gasteiger partial charge is 0.427 e.